The highest BCUT2D eigenvalue weighted by Gasteiger charge is 2.36. The van der Waals surface area contributed by atoms with Crippen molar-refractivity contribution in [1.82, 2.24) is 0 Å². The van der Waals surface area contributed by atoms with E-state index in [9.17, 15) is 18.0 Å². The van der Waals surface area contributed by atoms with E-state index >= 15 is 0 Å². The summed E-state index contributed by atoms with van der Waals surface area (Å²) in [7, 11) is -2.74. The lowest BCUT2D eigenvalue weighted by atomic mass is 10.3. The number of methoxy groups -OCH3 is 1. The second-order valence-electron chi connectivity index (χ2n) is 3.34. The number of hydrogen-bond donors (Lipinski definition) is 1. The van der Waals surface area contributed by atoms with Crippen molar-refractivity contribution in [3.8, 4) is 5.88 Å². The summed E-state index contributed by atoms with van der Waals surface area (Å²) in [5, 5.41) is 0. The number of nitrogens with zero attached hydrogens (tertiary/aromatic N) is 1. The molecule has 20 heavy (non-hydrogen) atoms. The first-order chi connectivity index (χ1) is 8.90. The van der Waals surface area contributed by atoms with Crippen LogP contribution in [-0.4, -0.2) is 31.5 Å². The van der Waals surface area contributed by atoms with Crippen LogP contribution in [0.3, 0.4) is 0 Å². The smallest absolute Gasteiger partial charge is 0.485 e. The van der Waals surface area contributed by atoms with Crippen LogP contribution in [0.15, 0.2) is 18.3 Å². The van der Waals surface area contributed by atoms with Crippen LogP contribution in [0.2, 0.25) is 0 Å². The Hall–Kier alpha value is -1.88. The fraction of sp³-hybridized carbons (Fsp3) is 0.333. The fourth-order valence-corrected chi connectivity index (χ4v) is 0.952. The van der Waals surface area contributed by atoms with Gasteiger partial charge < -0.3 is 15.0 Å². The number of halogens is 3. The van der Waals surface area contributed by atoms with Crippen LogP contribution in [0.4, 0.5) is 13.2 Å². The lowest BCUT2D eigenvalue weighted by molar-refractivity contribution is -0.676. The van der Waals surface area contributed by atoms with Gasteiger partial charge in [-0.3, -0.25) is 4.79 Å². The summed E-state index contributed by atoms with van der Waals surface area (Å²) >= 11 is 0. The summed E-state index contributed by atoms with van der Waals surface area (Å²) in [6.45, 7) is 0. The molecule has 0 atom stereocenters. The van der Waals surface area contributed by atoms with E-state index < -0.39 is 21.5 Å². The van der Waals surface area contributed by atoms with Crippen molar-refractivity contribution in [3.05, 3.63) is 23.9 Å². The quantitative estimate of drug-likeness (QED) is 0.456. The largest absolute Gasteiger partial charge is 0.741 e. The molecule has 0 aliphatic carbocycles. The fourth-order valence-electron chi connectivity index (χ4n) is 0.952. The molecule has 114 valence electrons. The minimum Gasteiger partial charge on any atom is -0.741 e. The Kier molecular flexibility index (Phi) is 5.91. The average Bonchev–Trinajstić information content (AvgIpc) is 2.26. The molecule has 1 aromatic rings. The molecular weight excluding hydrogens is 305 g/mol. The number of primary amides is 1. The Morgan fingerprint density at radius 1 is 1.40 bits per heavy atom. The molecule has 0 radical (unpaired) electrons. The summed E-state index contributed by atoms with van der Waals surface area (Å²) in [5.74, 6) is 0.244. The molecule has 0 bridgehead atoms. The Labute approximate surface area is 112 Å². The number of pyridine rings is 1. The molecule has 0 unspecified atom stereocenters. The van der Waals surface area contributed by atoms with Crippen molar-refractivity contribution in [2.45, 2.75) is 5.51 Å². The van der Waals surface area contributed by atoms with E-state index in [1.807, 2.05) is 0 Å². The van der Waals surface area contributed by atoms with Crippen LogP contribution in [0, 0.1) is 0 Å². The van der Waals surface area contributed by atoms with Crippen LogP contribution in [-0.2, 0) is 17.2 Å². The number of nitrogens with two attached hydrogens (primary N) is 1. The molecule has 0 saturated carbocycles. The van der Waals surface area contributed by atoms with Crippen LogP contribution < -0.4 is 15.0 Å². The SMILES string of the molecule is COc1ccc(C(N)=O)c[n+]1C.O=S(=O)([O-])C(F)(F)F. The third-order valence-electron chi connectivity index (χ3n) is 1.86. The van der Waals surface area contributed by atoms with E-state index in [1.54, 1.807) is 37.1 Å². The van der Waals surface area contributed by atoms with E-state index in [2.05, 4.69) is 0 Å². The standard InChI is InChI=1S/C8H10N2O2.CHF3O3S/c1-10-5-6(8(9)11)3-4-7(10)12-2;2-1(3,4)8(5,6)7/h3-5H,1-2H3,(H-,9,11);(H,5,6,7). The topological polar surface area (TPSA) is 113 Å². The van der Waals surface area contributed by atoms with Crippen molar-refractivity contribution in [3.63, 3.8) is 0 Å². The lowest BCUT2D eigenvalue weighted by Crippen LogP contribution is -2.31. The third kappa shape index (κ3) is 5.40. The van der Waals surface area contributed by atoms with Crippen molar-refractivity contribution >= 4 is 16.0 Å². The van der Waals surface area contributed by atoms with Gasteiger partial charge in [0.2, 0.25) is 0 Å². The van der Waals surface area contributed by atoms with Crippen molar-refractivity contribution in [2.75, 3.05) is 7.11 Å². The van der Waals surface area contributed by atoms with Gasteiger partial charge in [-0.2, -0.15) is 17.7 Å². The summed E-state index contributed by atoms with van der Waals surface area (Å²) in [5.41, 5.74) is -0.0941. The van der Waals surface area contributed by atoms with Gasteiger partial charge in [0.05, 0.1) is 13.2 Å². The Morgan fingerprint density at radius 3 is 2.10 bits per heavy atom. The van der Waals surface area contributed by atoms with E-state index in [0.717, 1.165) is 0 Å². The van der Waals surface area contributed by atoms with Crippen LogP contribution in [0.25, 0.3) is 0 Å². The predicted molar refractivity (Wildman–Crippen MR) is 58.4 cm³/mol. The van der Waals surface area contributed by atoms with Crippen LogP contribution in [0.1, 0.15) is 10.4 Å². The molecule has 2 N–H and O–H groups in total. The zero-order valence-corrected chi connectivity index (χ0v) is 11.2. The molecule has 0 spiro atoms. The highest BCUT2D eigenvalue weighted by molar-refractivity contribution is 7.86. The van der Waals surface area contributed by atoms with Gasteiger partial charge in [-0.15, -0.1) is 0 Å². The molecule has 0 saturated heterocycles. The predicted octanol–water partition coefficient (Wildman–Crippen LogP) is -0.330. The first-order valence-electron chi connectivity index (χ1n) is 4.75. The highest BCUT2D eigenvalue weighted by atomic mass is 32.2. The monoisotopic (exact) mass is 316 g/mol. The second kappa shape index (κ2) is 6.52. The lowest BCUT2D eigenvalue weighted by Gasteiger charge is -2.08. The average molecular weight is 316 g/mol. The number of carbonyl (C=O) groups is 1. The minimum atomic E-state index is -6.09. The van der Waals surface area contributed by atoms with E-state index in [-0.39, 0.29) is 0 Å². The number of alkyl halides is 3. The number of amides is 1. The molecule has 0 aliphatic rings. The van der Waals surface area contributed by atoms with Gasteiger partial charge in [-0.1, -0.05) is 0 Å². The number of hydrogen-bond acceptors (Lipinski definition) is 5. The molecule has 1 rings (SSSR count). The summed E-state index contributed by atoms with van der Waals surface area (Å²) < 4.78 is 65.6. The normalized spacial score (nSPS) is 11.3. The van der Waals surface area contributed by atoms with Crippen LogP contribution in [0.5, 0.6) is 5.88 Å². The van der Waals surface area contributed by atoms with Gasteiger partial charge in [-0.05, 0) is 6.07 Å². The van der Waals surface area contributed by atoms with Gasteiger partial charge in [0.15, 0.2) is 16.3 Å². The van der Waals surface area contributed by atoms with Gasteiger partial charge >= 0.3 is 11.4 Å². The van der Waals surface area contributed by atoms with Crippen molar-refractivity contribution in [1.29, 1.82) is 0 Å². The maximum Gasteiger partial charge on any atom is 0.485 e. The second-order valence-corrected chi connectivity index (χ2v) is 4.71. The maximum atomic E-state index is 10.7. The van der Waals surface area contributed by atoms with Gasteiger partial charge in [0.25, 0.3) is 5.91 Å². The summed E-state index contributed by atoms with van der Waals surface area (Å²) in [6.07, 6.45) is 1.63. The third-order valence-corrected chi connectivity index (χ3v) is 2.43. The van der Waals surface area contributed by atoms with E-state index in [1.165, 1.54) is 0 Å². The zero-order valence-electron chi connectivity index (χ0n) is 10.3. The van der Waals surface area contributed by atoms with Gasteiger partial charge in [0, 0.05) is 0 Å². The zero-order chi connectivity index (χ0) is 16.1. The van der Waals surface area contributed by atoms with Crippen LogP contribution >= 0.6 is 0 Å². The Bertz CT molecular complexity index is 586. The number of aryl methyl sites for hydroxylation is 1. The molecule has 11 heteroatoms. The molecule has 0 aromatic carbocycles. The molecule has 7 nitrogen and oxygen atoms in total. The Morgan fingerprint density at radius 2 is 1.85 bits per heavy atom. The first-order valence-corrected chi connectivity index (χ1v) is 6.16. The number of rotatable bonds is 2. The summed E-state index contributed by atoms with van der Waals surface area (Å²) in [6, 6.07) is 3.32. The van der Waals surface area contributed by atoms with Crippen molar-refractivity contribution in [2.24, 2.45) is 12.8 Å². The molecule has 1 amide bonds. The molecule has 1 heterocycles. The van der Waals surface area contributed by atoms with E-state index in [4.69, 9.17) is 23.4 Å². The molecule has 0 aliphatic heterocycles. The van der Waals surface area contributed by atoms with Gasteiger partial charge in [-0.25, -0.2) is 8.42 Å². The number of carbonyl (C=O) groups excluding carboxylic acids is 1. The van der Waals surface area contributed by atoms with Gasteiger partial charge in [0.1, 0.15) is 12.6 Å². The molecule has 0 fully saturated rings. The molecule has 1 aromatic heterocycles. The molecular formula is C9H11F3N2O5S. The maximum absolute atomic E-state index is 10.7. The minimum absolute atomic E-state index is 0.437. The summed E-state index contributed by atoms with van der Waals surface area (Å²) in [4.78, 5) is 10.7. The number of aromatic nitrogens is 1. The Balaban J connectivity index is 0.000000396. The number of ether oxygens (including phenoxy) is 1. The first kappa shape index (κ1) is 18.1. The van der Waals surface area contributed by atoms with Crippen molar-refractivity contribution < 1.29 is 40.2 Å². The highest BCUT2D eigenvalue weighted by Crippen LogP contribution is 2.20. The van der Waals surface area contributed by atoms with E-state index in [0.29, 0.717) is 11.4 Å².